The van der Waals surface area contributed by atoms with Crippen LogP contribution in [-0.4, -0.2) is 24.2 Å². The molecule has 4 heteroatoms. The maximum Gasteiger partial charge on any atom is 0.335 e. The highest BCUT2D eigenvalue weighted by Crippen LogP contribution is 2.13. The monoisotopic (exact) mass is 327 g/mol. The predicted molar refractivity (Wildman–Crippen MR) is 95.6 cm³/mol. The Bertz CT molecular complexity index is 650. The zero-order chi connectivity index (χ0) is 17.4. The molecule has 0 aliphatic rings. The lowest BCUT2D eigenvalue weighted by molar-refractivity contribution is 0.0696. The molecule has 0 aliphatic carbocycles. The van der Waals surface area contributed by atoms with Gasteiger partial charge in [-0.2, -0.15) is 0 Å². The topological polar surface area (TPSA) is 58.6 Å². The van der Waals surface area contributed by atoms with Crippen LogP contribution in [0.3, 0.4) is 0 Å². The Morgan fingerprint density at radius 3 is 2.54 bits per heavy atom. The van der Waals surface area contributed by atoms with E-state index in [0.29, 0.717) is 18.0 Å². The zero-order valence-corrected chi connectivity index (χ0v) is 14.3. The number of carboxylic acids is 1. The number of carbonyl (C=O) groups is 1. The molecule has 0 amide bonds. The molecule has 0 aromatic heterocycles. The summed E-state index contributed by atoms with van der Waals surface area (Å²) < 4.78 is 5.67. The Morgan fingerprint density at radius 1 is 1.12 bits per heavy atom. The van der Waals surface area contributed by atoms with E-state index >= 15 is 0 Å². The first-order chi connectivity index (χ1) is 11.5. The Hall–Kier alpha value is -2.33. The average molecular weight is 327 g/mol. The predicted octanol–water partition coefficient (Wildman–Crippen LogP) is 3.75. The molecule has 2 N–H and O–H groups in total. The quantitative estimate of drug-likeness (QED) is 0.689. The van der Waals surface area contributed by atoms with Gasteiger partial charge < -0.3 is 15.2 Å². The molecule has 0 saturated carbocycles. The van der Waals surface area contributed by atoms with E-state index in [1.54, 1.807) is 18.2 Å². The standard InChI is InChI=1S/C20H25NO3/c1-15(2)14-24-19-8-6-16(7-9-19)10-11-21-13-17-4-3-5-18(12-17)20(22)23/h3-9,12,15,21H,10-11,13-14H2,1-2H3,(H,22,23). The summed E-state index contributed by atoms with van der Waals surface area (Å²) in [6.45, 7) is 6.49. The van der Waals surface area contributed by atoms with Gasteiger partial charge in [0.05, 0.1) is 12.2 Å². The summed E-state index contributed by atoms with van der Waals surface area (Å²) >= 11 is 0. The van der Waals surface area contributed by atoms with E-state index in [1.165, 1.54) is 5.56 Å². The lowest BCUT2D eigenvalue weighted by Gasteiger charge is -2.09. The first kappa shape index (κ1) is 18.0. The normalized spacial score (nSPS) is 10.8. The molecule has 0 unspecified atom stereocenters. The third-order valence-electron chi connectivity index (χ3n) is 3.60. The van der Waals surface area contributed by atoms with E-state index in [0.717, 1.165) is 30.9 Å². The summed E-state index contributed by atoms with van der Waals surface area (Å²) in [5, 5.41) is 12.3. The van der Waals surface area contributed by atoms with Crippen molar-refractivity contribution in [2.24, 2.45) is 5.92 Å². The number of benzene rings is 2. The first-order valence-electron chi connectivity index (χ1n) is 8.29. The lowest BCUT2D eigenvalue weighted by Crippen LogP contribution is -2.17. The Morgan fingerprint density at radius 2 is 1.88 bits per heavy atom. The fraction of sp³-hybridized carbons (Fsp3) is 0.350. The highest BCUT2D eigenvalue weighted by molar-refractivity contribution is 5.87. The number of carboxylic acid groups (broad SMARTS) is 1. The molecule has 4 nitrogen and oxygen atoms in total. The Balaban J connectivity index is 1.74. The third-order valence-corrected chi connectivity index (χ3v) is 3.60. The van der Waals surface area contributed by atoms with E-state index in [-0.39, 0.29) is 0 Å². The van der Waals surface area contributed by atoms with Crippen LogP contribution < -0.4 is 10.1 Å². The van der Waals surface area contributed by atoms with Gasteiger partial charge in [0, 0.05) is 6.54 Å². The van der Waals surface area contributed by atoms with Crippen molar-refractivity contribution in [1.82, 2.24) is 5.32 Å². The Labute approximate surface area is 143 Å². The van der Waals surface area contributed by atoms with Crippen LogP contribution in [0, 0.1) is 5.92 Å². The molecule has 128 valence electrons. The number of ether oxygens (including phenoxy) is 1. The van der Waals surface area contributed by atoms with Crippen molar-refractivity contribution in [2.75, 3.05) is 13.2 Å². The summed E-state index contributed by atoms with van der Waals surface area (Å²) in [7, 11) is 0. The largest absolute Gasteiger partial charge is 0.493 e. The van der Waals surface area contributed by atoms with E-state index < -0.39 is 5.97 Å². The van der Waals surface area contributed by atoms with Gasteiger partial charge in [0.2, 0.25) is 0 Å². The SMILES string of the molecule is CC(C)COc1ccc(CCNCc2cccc(C(=O)O)c2)cc1. The zero-order valence-electron chi connectivity index (χ0n) is 14.3. The molecule has 2 rings (SSSR count). The lowest BCUT2D eigenvalue weighted by atomic mass is 10.1. The molecule has 0 saturated heterocycles. The number of aromatic carboxylic acids is 1. The minimum Gasteiger partial charge on any atom is -0.493 e. The van der Waals surface area contributed by atoms with Crippen molar-refractivity contribution < 1.29 is 14.6 Å². The molecule has 0 fully saturated rings. The van der Waals surface area contributed by atoms with Gasteiger partial charge in [-0.15, -0.1) is 0 Å². The van der Waals surface area contributed by atoms with Crippen LogP contribution >= 0.6 is 0 Å². The van der Waals surface area contributed by atoms with Crippen LogP contribution in [0.5, 0.6) is 5.75 Å². The Kier molecular flexibility index (Phi) is 6.82. The number of nitrogens with one attached hydrogen (secondary N) is 1. The van der Waals surface area contributed by atoms with E-state index in [9.17, 15) is 4.79 Å². The molecule has 0 aliphatic heterocycles. The van der Waals surface area contributed by atoms with Gasteiger partial charge in [0.1, 0.15) is 5.75 Å². The minimum absolute atomic E-state index is 0.325. The molecule has 0 radical (unpaired) electrons. The van der Waals surface area contributed by atoms with Crippen molar-refractivity contribution in [1.29, 1.82) is 0 Å². The number of hydrogen-bond donors (Lipinski definition) is 2. The van der Waals surface area contributed by atoms with Crippen LogP contribution in [0.15, 0.2) is 48.5 Å². The second-order valence-electron chi connectivity index (χ2n) is 6.28. The van der Waals surface area contributed by atoms with Crippen molar-refractivity contribution >= 4 is 5.97 Å². The van der Waals surface area contributed by atoms with Gasteiger partial charge >= 0.3 is 5.97 Å². The van der Waals surface area contributed by atoms with Crippen molar-refractivity contribution in [3.8, 4) is 5.75 Å². The van der Waals surface area contributed by atoms with Crippen LogP contribution in [0.2, 0.25) is 0 Å². The van der Waals surface area contributed by atoms with Crippen LogP contribution in [-0.2, 0) is 13.0 Å². The molecule has 0 spiro atoms. The highest BCUT2D eigenvalue weighted by Gasteiger charge is 2.03. The van der Waals surface area contributed by atoms with Crippen LogP contribution in [0.4, 0.5) is 0 Å². The van der Waals surface area contributed by atoms with E-state index in [2.05, 4.69) is 31.3 Å². The van der Waals surface area contributed by atoms with Gasteiger partial charge in [-0.3, -0.25) is 0 Å². The fourth-order valence-electron chi connectivity index (χ4n) is 2.30. The molecular weight excluding hydrogens is 302 g/mol. The van der Waals surface area contributed by atoms with Crippen LogP contribution in [0.1, 0.15) is 35.3 Å². The smallest absolute Gasteiger partial charge is 0.335 e. The van der Waals surface area contributed by atoms with Gasteiger partial charge in [0.25, 0.3) is 0 Å². The second kappa shape index (κ2) is 9.08. The van der Waals surface area contributed by atoms with Gasteiger partial charge in [-0.1, -0.05) is 38.1 Å². The molecule has 24 heavy (non-hydrogen) atoms. The van der Waals surface area contributed by atoms with Crippen molar-refractivity contribution in [2.45, 2.75) is 26.8 Å². The van der Waals surface area contributed by atoms with Crippen LogP contribution in [0.25, 0.3) is 0 Å². The summed E-state index contributed by atoms with van der Waals surface area (Å²) in [5.74, 6) is 0.538. The average Bonchev–Trinajstić information content (AvgIpc) is 2.58. The maximum absolute atomic E-state index is 10.9. The molecule has 0 bridgehead atoms. The first-order valence-corrected chi connectivity index (χ1v) is 8.29. The maximum atomic E-state index is 10.9. The minimum atomic E-state index is -0.892. The number of rotatable bonds is 9. The molecular formula is C20H25NO3. The van der Waals surface area contributed by atoms with Gasteiger partial charge in [-0.05, 0) is 54.3 Å². The second-order valence-corrected chi connectivity index (χ2v) is 6.28. The van der Waals surface area contributed by atoms with E-state index in [4.69, 9.17) is 9.84 Å². The highest BCUT2D eigenvalue weighted by atomic mass is 16.5. The third kappa shape index (κ3) is 6.05. The van der Waals surface area contributed by atoms with E-state index in [1.807, 2.05) is 18.2 Å². The summed E-state index contributed by atoms with van der Waals surface area (Å²) in [4.78, 5) is 10.9. The van der Waals surface area contributed by atoms with Crippen molar-refractivity contribution in [3.63, 3.8) is 0 Å². The molecule has 2 aromatic carbocycles. The summed E-state index contributed by atoms with van der Waals surface area (Å²) in [6, 6.07) is 15.2. The van der Waals surface area contributed by atoms with Crippen molar-refractivity contribution in [3.05, 3.63) is 65.2 Å². The van der Waals surface area contributed by atoms with Gasteiger partial charge in [0.15, 0.2) is 0 Å². The molecule has 0 atom stereocenters. The molecule has 2 aromatic rings. The van der Waals surface area contributed by atoms with Gasteiger partial charge in [-0.25, -0.2) is 4.79 Å². The fourth-order valence-corrected chi connectivity index (χ4v) is 2.30. The molecule has 0 heterocycles. The summed E-state index contributed by atoms with van der Waals surface area (Å²) in [6.07, 6.45) is 0.920. The number of hydrogen-bond acceptors (Lipinski definition) is 3. The summed E-state index contributed by atoms with van der Waals surface area (Å²) in [5.41, 5.74) is 2.55.